The first-order valence-electron chi connectivity index (χ1n) is 10.8. The minimum atomic E-state index is -1.31. The van der Waals surface area contributed by atoms with E-state index < -0.39 is 46.2 Å². The molecule has 7 heteroatoms. The Morgan fingerprint density at radius 2 is 1.70 bits per heavy atom. The second kappa shape index (κ2) is 8.91. The topological polar surface area (TPSA) is 62.1 Å². The highest BCUT2D eigenvalue weighted by Crippen LogP contribution is 2.54. The molecule has 0 saturated carbocycles. The molecule has 3 rings (SSSR count). The molecule has 1 saturated heterocycles. The average molecular weight is 491 g/mol. The first kappa shape index (κ1) is 25.5. The van der Waals surface area contributed by atoms with Gasteiger partial charge in [0.15, 0.2) is 0 Å². The zero-order valence-electron chi connectivity index (χ0n) is 19.7. The van der Waals surface area contributed by atoms with Gasteiger partial charge in [0.25, 0.3) is 0 Å². The molecule has 0 spiro atoms. The number of esters is 1. The van der Waals surface area contributed by atoms with Gasteiger partial charge < -0.3 is 4.74 Å². The van der Waals surface area contributed by atoms with Crippen molar-refractivity contribution < 1.29 is 13.9 Å². The molecule has 4 atom stereocenters. The summed E-state index contributed by atoms with van der Waals surface area (Å²) in [5.74, 6) is -2.10. The van der Waals surface area contributed by atoms with Crippen LogP contribution in [0.4, 0.5) is 4.39 Å². The second-order valence-electron chi connectivity index (χ2n) is 10.6. The van der Waals surface area contributed by atoms with Crippen molar-refractivity contribution in [2.75, 3.05) is 0 Å². The monoisotopic (exact) mass is 490 g/mol. The van der Waals surface area contributed by atoms with Crippen molar-refractivity contribution in [1.29, 1.82) is 5.26 Å². The van der Waals surface area contributed by atoms with Crippen molar-refractivity contribution >= 4 is 29.2 Å². The fourth-order valence-electron chi connectivity index (χ4n) is 4.81. The lowest BCUT2D eigenvalue weighted by molar-refractivity contribution is -0.157. The van der Waals surface area contributed by atoms with Crippen molar-refractivity contribution in [3.8, 4) is 6.07 Å². The second-order valence-corrected chi connectivity index (χ2v) is 11.4. The van der Waals surface area contributed by atoms with Gasteiger partial charge in [0, 0.05) is 17.0 Å². The van der Waals surface area contributed by atoms with E-state index in [1.54, 1.807) is 57.2 Å². The van der Waals surface area contributed by atoms with Crippen molar-refractivity contribution in [1.82, 2.24) is 5.32 Å². The molecule has 0 aromatic heterocycles. The lowest BCUT2D eigenvalue weighted by Gasteiger charge is -2.40. The molecule has 2 aromatic carbocycles. The van der Waals surface area contributed by atoms with E-state index in [-0.39, 0.29) is 10.6 Å². The smallest absolute Gasteiger partial charge is 0.324 e. The molecule has 0 radical (unpaired) electrons. The molecule has 1 aliphatic rings. The van der Waals surface area contributed by atoms with Crippen molar-refractivity contribution in [2.24, 2.45) is 5.41 Å². The lowest BCUT2D eigenvalue weighted by atomic mass is 9.60. The molecule has 1 heterocycles. The summed E-state index contributed by atoms with van der Waals surface area (Å²) >= 11 is 12.3. The summed E-state index contributed by atoms with van der Waals surface area (Å²) in [5, 5.41) is 14.6. The molecular weight excluding hydrogens is 462 g/mol. The quantitative estimate of drug-likeness (QED) is 0.505. The Kier molecular flexibility index (Phi) is 6.88. The Morgan fingerprint density at radius 3 is 2.21 bits per heavy atom. The predicted molar refractivity (Wildman–Crippen MR) is 129 cm³/mol. The Labute approximate surface area is 205 Å². The van der Waals surface area contributed by atoms with Crippen LogP contribution in [0, 0.1) is 22.6 Å². The molecule has 0 aliphatic carbocycles. The van der Waals surface area contributed by atoms with Crippen LogP contribution in [0.3, 0.4) is 0 Å². The van der Waals surface area contributed by atoms with Crippen molar-refractivity contribution in [3.63, 3.8) is 0 Å². The molecule has 1 N–H and O–H groups in total. The fourth-order valence-corrected chi connectivity index (χ4v) is 5.12. The zero-order valence-corrected chi connectivity index (χ0v) is 21.2. The van der Waals surface area contributed by atoms with Gasteiger partial charge in [0.1, 0.15) is 22.9 Å². The zero-order chi connectivity index (χ0) is 24.8. The number of hydrogen-bond donors (Lipinski definition) is 1. The van der Waals surface area contributed by atoms with Crippen LogP contribution >= 0.6 is 23.2 Å². The fraction of sp³-hybridized carbons (Fsp3) is 0.462. The Morgan fingerprint density at radius 1 is 1.09 bits per heavy atom. The van der Waals surface area contributed by atoms with E-state index in [0.717, 1.165) is 0 Å². The van der Waals surface area contributed by atoms with Gasteiger partial charge in [-0.2, -0.15) is 5.26 Å². The molecule has 33 heavy (non-hydrogen) atoms. The van der Waals surface area contributed by atoms with E-state index in [2.05, 4.69) is 11.4 Å². The van der Waals surface area contributed by atoms with Gasteiger partial charge in [0.2, 0.25) is 0 Å². The van der Waals surface area contributed by atoms with Crippen LogP contribution in [-0.2, 0) is 14.9 Å². The number of hydrogen-bond acceptors (Lipinski definition) is 4. The third kappa shape index (κ3) is 4.75. The number of nitriles is 1. The number of halogens is 3. The number of carbonyl (C=O) groups is 1. The molecule has 176 valence electrons. The Bertz CT molecular complexity index is 1080. The standard InChI is InChI=1S/C26H29Cl2FN2O2/c1-24(2,3)23-26(14-30,15-10-12-16(27)13-11-15)19(17-8-7-9-18(28)20(17)29)21(31-23)22(32)33-25(4,5)6/h7-13,19,21,23,31H,1-6H3. The van der Waals surface area contributed by atoms with Crippen LogP contribution in [-0.4, -0.2) is 23.7 Å². The van der Waals surface area contributed by atoms with E-state index in [1.165, 1.54) is 6.07 Å². The summed E-state index contributed by atoms with van der Waals surface area (Å²) in [6.45, 7) is 11.3. The largest absolute Gasteiger partial charge is 0.459 e. The summed E-state index contributed by atoms with van der Waals surface area (Å²) in [6.07, 6.45) is 0. The number of nitrogens with one attached hydrogen (secondary N) is 1. The van der Waals surface area contributed by atoms with Crippen LogP contribution in [0.25, 0.3) is 0 Å². The number of benzene rings is 2. The Hall–Kier alpha value is -2.13. The predicted octanol–water partition coefficient (Wildman–Crippen LogP) is 6.41. The molecule has 4 nitrogen and oxygen atoms in total. The van der Waals surface area contributed by atoms with E-state index in [4.69, 9.17) is 27.9 Å². The van der Waals surface area contributed by atoms with Gasteiger partial charge in [-0.05, 0) is 55.5 Å². The molecule has 0 amide bonds. The lowest BCUT2D eigenvalue weighted by Crippen LogP contribution is -2.50. The average Bonchev–Trinajstić information content (AvgIpc) is 3.06. The van der Waals surface area contributed by atoms with E-state index in [0.29, 0.717) is 10.6 Å². The van der Waals surface area contributed by atoms with E-state index in [1.807, 2.05) is 20.8 Å². The molecule has 1 fully saturated rings. The van der Waals surface area contributed by atoms with E-state index >= 15 is 4.39 Å². The normalized spacial score (nSPS) is 25.5. The Balaban J connectivity index is 2.35. The van der Waals surface area contributed by atoms with Crippen LogP contribution in [0.15, 0.2) is 42.5 Å². The van der Waals surface area contributed by atoms with Crippen LogP contribution in [0.2, 0.25) is 10.0 Å². The third-order valence-electron chi connectivity index (χ3n) is 5.98. The van der Waals surface area contributed by atoms with Crippen molar-refractivity contribution in [2.45, 2.75) is 70.6 Å². The van der Waals surface area contributed by atoms with Crippen molar-refractivity contribution in [3.05, 3.63) is 69.5 Å². The molecule has 0 bridgehead atoms. The summed E-state index contributed by atoms with van der Waals surface area (Å²) in [7, 11) is 0. The maximum atomic E-state index is 15.5. The van der Waals surface area contributed by atoms with Gasteiger partial charge >= 0.3 is 5.97 Å². The molecular formula is C26H29Cl2FN2O2. The van der Waals surface area contributed by atoms with Crippen LogP contribution in [0.5, 0.6) is 0 Å². The molecule has 4 unspecified atom stereocenters. The first-order valence-corrected chi connectivity index (χ1v) is 11.6. The third-order valence-corrected chi connectivity index (χ3v) is 6.52. The summed E-state index contributed by atoms with van der Waals surface area (Å²) in [6, 6.07) is 12.6. The molecule has 2 aromatic rings. The summed E-state index contributed by atoms with van der Waals surface area (Å²) < 4.78 is 21.2. The minimum absolute atomic E-state index is 0.0717. The van der Waals surface area contributed by atoms with E-state index in [9.17, 15) is 10.1 Å². The highest BCUT2D eigenvalue weighted by molar-refractivity contribution is 6.31. The summed E-state index contributed by atoms with van der Waals surface area (Å²) in [4.78, 5) is 13.4. The van der Waals surface area contributed by atoms with Gasteiger partial charge in [0.05, 0.1) is 11.1 Å². The van der Waals surface area contributed by atoms with Crippen LogP contribution in [0.1, 0.15) is 58.6 Å². The number of nitrogens with zero attached hydrogens (tertiary/aromatic N) is 1. The van der Waals surface area contributed by atoms with Crippen LogP contribution < -0.4 is 5.32 Å². The highest BCUT2D eigenvalue weighted by atomic mass is 35.5. The minimum Gasteiger partial charge on any atom is -0.459 e. The summed E-state index contributed by atoms with van der Waals surface area (Å²) in [5.41, 5.74) is -1.72. The van der Waals surface area contributed by atoms with Gasteiger partial charge in [-0.3, -0.25) is 10.1 Å². The number of rotatable bonds is 3. The maximum Gasteiger partial charge on any atom is 0.324 e. The number of ether oxygens (including phenoxy) is 1. The SMILES string of the molecule is CC(C)(C)OC(=O)C1NC(C(C)(C)C)C(C#N)(c2ccc(Cl)cc2)C1c1cccc(Cl)c1F. The highest BCUT2D eigenvalue weighted by Gasteiger charge is 2.63. The maximum absolute atomic E-state index is 15.5. The van der Waals surface area contributed by atoms with Gasteiger partial charge in [-0.1, -0.05) is 68.2 Å². The molecule has 1 aliphatic heterocycles. The van der Waals surface area contributed by atoms with Gasteiger partial charge in [-0.25, -0.2) is 4.39 Å². The van der Waals surface area contributed by atoms with Gasteiger partial charge in [-0.15, -0.1) is 0 Å². The number of carbonyl (C=O) groups excluding carboxylic acids is 1. The first-order chi connectivity index (χ1) is 15.2.